The van der Waals surface area contributed by atoms with E-state index in [0.29, 0.717) is 22.8 Å². The topological polar surface area (TPSA) is 73.4 Å². The summed E-state index contributed by atoms with van der Waals surface area (Å²) in [6.45, 7) is 0.539. The van der Waals surface area contributed by atoms with E-state index in [1.54, 1.807) is 30.9 Å². The number of esters is 1. The zero-order chi connectivity index (χ0) is 22.8. The Balaban J connectivity index is 1.57. The van der Waals surface area contributed by atoms with Gasteiger partial charge in [-0.1, -0.05) is 35.9 Å². The summed E-state index contributed by atoms with van der Waals surface area (Å²) in [5, 5.41) is 4.16. The average Bonchev–Trinajstić information content (AvgIpc) is 3.50. The molecule has 0 unspecified atom stereocenters. The van der Waals surface area contributed by atoms with E-state index in [0.717, 1.165) is 28.3 Å². The van der Waals surface area contributed by atoms with Crippen LogP contribution in [0.2, 0.25) is 5.02 Å². The molecule has 33 heavy (non-hydrogen) atoms. The molecular formula is C25H20ClN5O2. The molecule has 0 aliphatic carbocycles. The van der Waals surface area contributed by atoms with Crippen molar-refractivity contribution >= 4 is 29.0 Å². The second-order valence-electron chi connectivity index (χ2n) is 7.45. The number of rotatable bonds is 6. The first kappa shape index (κ1) is 20.8. The number of nitrogens with one attached hydrogen (secondary N) is 1. The first-order valence-corrected chi connectivity index (χ1v) is 10.7. The Morgan fingerprint density at radius 3 is 2.70 bits per heavy atom. The van der Waals surface area contributed by atoms with E-state index < -0.39 is 5.97 Å². The number of ether oxygens (including phenoxy) is 1. The van der Waals surface area contributed by atoms with Gasteiger partial charge in [0.15, 0.2) is 0 Å². The molecule has 0 spiro atoms. The maximum Gasteiger partial charge on any atom is 0.339 e. The van der Waals surface area contributed by atoms with E-state index in [1.807, 2.05) is 63.7 Å². The second-order valence-corrected chi connectivity index (χ2v) is 7.88. The van der Waals surface area contributed by atoms with Crippen molar-refractivity contribution in [1.29, 1.82) is 0 Å². The fourth-order valence-corrected chi connectivity index (χ4v) is 3.90. The van der Waals surface area contributed by atoms with Gasteiger partial charge >= 0.3 is 5.97 Å². The molecule has 1 N–H and O–H groups in total. The van der Waals surface area contributed by atoms with Crippen LogP contribution in [0.5, 0.6) is 0 Å². The number of fused-ring (bicyclic) bond motifs is 1. The molecule has 5 rings (SSSR count). The summed E-state index contributed by atoms with van der Waals surface area (Å²) in [6, 6.07) is 19.3. The lowest BCUT2D eigenvalue weighted by molar-refractivity contribution is 0.0600. The van der Waals surface area contributed by atoms with E-state index >= 15 is 0 Å². The molecule has 0 saturated heterocycles. The average molecular weight is 458 g/mol. The van der Waals surface area contributed by atoms with Crippen LogP contribution in [0.25, 0.3) is 22.6 Å². The lowest BCUT2D eigenvalue weighted by Crippen LogP contribution is -2.06. The molecule has 7 nitrogen and oxygen atoms in total. The van der Waals surface area contributed by atoms with Crippen LogP contribution in [0.15, 0.2) is 85.6 Å². The number of pyridine rings is 1. The van der Waals surface area contributed by atoms with E-state index in [1.165, 1.54) is 7.11 Å². The Bertz CT molecular complexity index is 1430. The summed E-state index contributed by atoms with van der Waals surface area (Å²) in [5.74, 6) is 0.365. The zero-order valence-corrected chi connectivity index (χ0v) is 18.5. The van der Waals surface area contributed by atoms with Gasteiger partial charge < -0.3 is 14.6 Å². The molecule has 8 heteroatoms. The van der Waals surface area contributed by atoms with Crippen LogP contribution in [0, 0.1) is 0 Å². The summed E-state index contributed by atoms with van der Waals surface area (Å²) in [6.07, 6.45) is 7.13. The van der Waals surface area contributed by atoms with Crippen LogP contribution in [-0.4, -0.2) is 32.0 Å². The normalized spacial score (nSPS) is 11.0. The Kier molecular flexibility index (Phi) is 5.54. The van der Waals surface area contributed by atoms with Crippen molar-refractivity contribution in [3.8, 4) is 16.9 Å². The van der Waals surface area contributed by atoms with Crippen molar-refractivity contribution < 1.29 is 9.53 Å². The largest absolute Gasteiger partial charge is 0.465 e. The summed E-state index contributed by atoms with van der Waals surface area (Å²) >= 11 is 6.15. The van der Waals surface area contributed by atoms with Crippen molar-refractivity contribution in [2.24, 2.45) is 0 Å². The molecule has 3 heterocycles. The molecule has 0 atom stereocenters. The third-order valence-electron chi connectivity index (χ3n) is 5.33. The minimum Gasteiger partial charge on any atom is -0.465 e. The van der Waals surface area contributed by atoms with E-state index in [4.69, 9.17) is 21.3 Å². The number of nitrogens with zero attached hydrogens (tertiary/aromatic N) is 4. The lowest BCUT2D eigenvalue weighted by atomic mass is 10.1. The van der Waals surface area contributed by atoms with Crippen LogP contribution in [0.1, 0.15) is 15.9 Å². The predicted octanol–water partition coefficient (Wildman–Crippen LogP) is 5.24. The molecule has 0 radical (unpaired) electrons. The Morgan fingerprint density at radius 1 is 1.12 bits per heavy atom. The molecule has 5 aromatic rings. The number of hydrogen-bond donors (Lipinski definition) is 1. The highest BCUT2D eigenvalue weighted by Gasteiger charge is 2.16. The van der Waals surface area contributed by atoms with Gasteiger partial charge in [-0.25, -0.2) is 14.8 Å². The molecule has 2 aromatic carbocycles. The Hall–Kier alpha value is -4.10. The standard InChI is InChI=1S/C25H20ClN5O2/c1-33-25(32)19-7-10-22-29-23(18-5-8-21(9-6-18)30-12-11-27-16-30)24(31(22)15-19)28-14-17-3-2-4-20(26)13-17/h2-13,15-16,28H,14H2,1H3. The molecule has 164 valence electrons. The summed E-state index contributed by atoms with van der Waals surface area (Å²) in [7, 11) is 1.37. The number of halogens is 1. The number of hydrogen-bond acceptors (Lipinski definition) is 5. The molecule has 0 aliphatic heterocycles. The van der Waals surface area contributed by atoms with Crippen molar-refractivity contribution in [2.45, 2.75) is 6.54 Å². The summed E-state index contributed by atoms with van der Waals surface area (Å²) in [4.78, 5) is 21.0. The van der Waals surface area contributed by atoms with Crippen molar-refractivity contribution in [1.82, 2.24) is 18.9 Å². The van der Waals surface area contributed by atoms with E-state index in [-0.39, 0.29) is 0 Å². The van der Waals surface area contributed by atoms with Gasteiger partial charge in [0, 0.05) is 41.4 Å². The van der Waals surface area contributed by atoms with Gasteiger partial charge in [0.05, 0.1) is 19.0 Å². The van der Waals surface area contributed by atoms with Gasteiger partial charge in [-0.15, -0.1) is 0 Å². The minimum absolute atomic E-state index is 0.405. The van der Waals surface area contributed by atoms with Gasteiger partial charge in [0.1, 0.15) is 17.2 Å². The summed E-state index contributed by atoms with van der Waals surface area (Å²) < 4.78 is 8.70. The molecule has 3 aromatic heterocycles. The zero-order valence-electron chi connectivity index (χ0n) is 17.8. The van der Waals surface area contributed by atoms with Crippen molar-refractivity contribution in [3.63, 3.8) is 0 Å². The van der Waals surface area contributed by atoms with Gasteiger partial charge in [0.2, 0.25) is 0 Å². The first-order chi connectivity index (χ1) is 16.1. The van der Waals surface area contributed by atoms with Crippen LogP contribution >= 0.6 is 11.6 Å². The van der Waals surface area contributed by atoms with E-state index in [9.17, 15) is 4.79 Å². The molecule has 0 saturated carbocycles. The maximum absolute atomic E-state index is 12.1. The number of carbonyl (C=O) groups is 1. The van der Waals surface area contributed by atoms with Crippen LogP contribution in [0.4, 0.5) is 5.82 Å². The van der Waals surface area contributed by atoms with Gasteiger partial charge in [-0.05, 0) is 42.0 Å². The number of imidazole rings is 2. The number of carbonyl (C=O) groups excluding carboxylic acids is 1. The monoisotopic (exact) mass is 457 g/mol. The highest BCUT2D eigenvalue weighted by molar-refractivity contribution is 6.30. The first-order valence-electron chi connectivity index (χ1n) is 10.3. The van der Waals surface area contributed by atoms with Gasteiger partial charge in [-0.2, -0.15) is 0 Å². The molecule has 0 fully saturated rings. The maximum atomic E-state index is 12.1. The van der Waals surface area contributed by atoms with Crippen LogP contribution in [0.3, 0.4) is 0 Å². The van der Waals surface area contributed by atoms with Crippen LogP contribution in [-0.2, 0) is 11.3 Å². The van der Waals surface area contributed by atoms with Gasteiger partial charge in [0.25, 0.3) is 0 Å². The Labute approximate surface area is 195 Å². The number of methoxy groups -OCH3 is 1. The highest BCUT2D eigenvalue weighted by atomic mass is 35.5. The van der Waals surface area contributed by atoms with Crippen molar-refractivity contribution in [2.75, 3.05) is 12.4 Å². The molecular weight excluding hydrogens is 438 g/mol. The van der Waals surface area contributed by atoms with E-state index in [2.05, 4.69) is 10.3 Å². The van der Waals surface area contributed by atoms with Gasteiger partial charge in [-0.3, -0.25) is 4.40 Å². The number of aromatic nitrogens is 4. The quantitative estimate of drug-likeness (QED) is 0.353. The number of benzene rings is 2. The smallest absolute Gasteiger partial charge is 0.339 e. The second kappa shape index (κ2) is 8.80. The predicted molar refractivity (Wildman–Crippen MR) is 128 cm³/mol. The fraction of sp³-hybridized carbons (Fsp3) is 0.0800. The minimum atomic E-state index is -0.405. The molecule has 0 bridgehead atoms. The SMILES string of the molecule is COC(=O)c1ccc2nc(-c3ccc(-n4ccnc4)cc3)c(NCc3cccc(Cl)c3)n2c1. The lowest BCUT2D eigenvalue weighted by Gasteiger charge is -2.11. The summed E-state index contributed by atoms with van der Waals surface area (Å²) in [5.41, 5.74) is 4.90. The van der Waals surface area contributed by atoms with Crippen LogP contribution < -0.4 is 5.32 Å². The third kappa shape index (κ3) is 4.18. The fourth-order valence-electron chi connectivity index (χ4n) is 3.69. The highest BCUT2D eigenvalue weighted by Crippen LogP contribution is 2.30. The number of anilines is 1. The third-order valence-corrected chi connectivity index (χ3v) is 5.57. The molecule has 0 aliphatic rings. The van der Waals surface area contributed by atoms with Crippen molar-refractivity contribution in [3.05, 3.63) is 102 Å². The molecule has 0 amide bonds. The Morgan fingerprint density at radius 2 is 1.97 bits per heavy atom.